The zero-order chi connectivity index (χ0) is 20.3. The van der Waals surface area contributed by atoms with Crippen molar-refractivity contribution in [3.8, 4) is 5.69 Å². The molecule has 0 aliphatic carbocycles. The maximum Gasteiger partial charge on any atom is 0.271 e. The van der Waals surface area contributed by atoms with Gasteiger partial charge in [0.05, 0.1) is 26.6 Å². The number of benzene rings is 2. The van der Waals surface area contributed by atoms with Gasteiger partial charge in [0.15, 0.2) is 5.16 Å². The van der Waals surface area contributed by atoms with Gasteiger partial charge in [-0.05, 0) is 31.2 Å². The second-order valence-corrected chi connectivity index (χ2v) is 7.79. The fourth-order valence-corrected chi connectivity index (χ4v) is 3.47. The van der Waals surface area contributed by atoms with Crippen molar-refractivity contribution in [3.05, 3.63) is 69.0 Å². The summed E-state index contributed by atoms with van der Waals surface area (Å²) in [5.41, 5.74) is 0.764. The summed E-state index contributed by atoms with van der Waals surface area (Å²) in [5, 5.41) is 22.1. The molecule has 11 heteroatoms. The first-order chi connectivity index (χ1) is 13.3. The smallest absolute Gasteiger partial charge is 0.271 e. The zero-order valence-electron chi connectivity index (χ0n) is 14.4. The van der Waals surface area contributed by atoms with Crippen molar-refractivity contribution in [1.82, 2.24) is 14.8 Å². The number of non-ortho nitro benzene ring substituents is 1. The van der Waals surface area contributed by atoms with Crippen LogP contribution in [0.25, 0.3) is 5.69 Å². The van der Waals surface area contributed by atoms with Gasteiger partial charge in [-0.15, -0.1) is 10.2 Å². The van der Waals surface area contributed by atoms with Crippen LogP contribution >= 0.6 is 35.0 Å². The van der Waals surface area contributed by atoms with E-state index in [1.165, 1.54) is 36.3 Å². The minimum atomic E-state index is -0.572. The van der Waals surface area contributed by atoms with Crippen molar-refractivity contribution in [1.29, 1.82) is 0 Å². The number of aromatic nitrogens is 3. The van der Waals surface area contributed by atoms with Crippen LogP contribution in [0.1, 0.15) is 6.92 Å². The maximum atomic E-state index is 12.5. The fraction of sp³-hybridized carbons (Fsp3) is 0.118. The third kappa shape index (κ3) is 4.61. The number of nitro benzene ring substituents is 1. The van der Waals surface area contributed by atoms with Gasteiger partial charge >= 0.3 is 0 Å². The van der Waals surface area contributed by atoms with E-state index in [2.05, 4.69) is 15.5 Å². The number of carbonyl (C=O) groups excluding carboxylic acids is 1. The highest BCUT2D eigenvalue weighted by atomic mass is 35.5. The summed E-state index contributed by atoms with van der Waals surface area (Å²) >= 11 is 13.2. The molecule has 0 spiro atoms. The summed E-state index contributed by atoms with van der Waals surface area (Å²) in [6.45, 7) is 1.68. The van der Waals surface area contributed by atoms with Gasteiger partial charge in [0.1, 0.15) is 6.33 Å². The molecular weight excluding hydrogens is 425 g/mol. The van der Waals surface area contributed by atoms with Crippen LogP contribution in [0.4, 0.5) is 11.4 Å². The Morgan fingerprint density at radius 3 is 2.79 bits per heavy atom. The summed E-state index contributed by atoms with van der Waals surface area (Å²) in [6, 6.07) is 11.0. The number of nitro groups is 1. The van der Waals surface area contributed by atoms with Crippen LogP contribution in [0.3, 0.4) is 0 Å². The molecule has 0 saturated heterocycles. The maximum absolute atomic E-state index is 12.5. The number of amides is 1. The third-order valence-corrected chi connectivity index (χ3v) is 5.29. The molecule has 1 N–H and O–H groups in total. The molecule has 1 unspecified atom stereocenters. The van der Waals surface area contributed by atoms with E-state index in [-0.39, 0.29) is 22.3 Å². The van der Waals surface area contributed by atoms with Gasteiger partial charge in [-0.1, -0.05) is 41.0 Å². The summed E-state index contributed by atoms with van der Waals surface area (Å²) in [4.78, 5) is 22.9. The van der Waals surface area contributed by atoms with Gasteiger partial charge in [-0.25, -0.2) is 0 Å². The Kier molecular flexibility index (Phi) is 6.18. The van der Waals surface area contributed by atoms with Crippen LogP contribution in [0.2, 0.25) is 10.0 Å². The lowest BCUT2D eigenvalue weighted by molar-refractivity contribution is -0.384. The van der Waals surface area contributed by atoms with Gasteiger partial charge in [0.2, 0.25) is 5.91 Å². The number of nitrogens with one attached hydrogen (secondary N) is 1. The number of hydrogen-bond acceptors (Lipinski definition) is 6. The summed E-state index contributed by atoms with van der Waals surface area (Å²) in [6.07, 6.45) is 1.52. The predicted molar refractivity (Wildman–Crippen MR) is 108 cm³/mol. The molecule has 2 aromatic carbocycles. The van der Waals surface area contributed by atoms with Crippen molar-refractivity contribution < 1.29 is 9.72 Å². The third-order valence-electron chi connectivity index (χ3n) is 3.67. The lowest BCUT2D eigenvalue weighted by Crippen LogP contribution is -2.23. The number of carbonyl (C=O) groups is 1. The van der Waals surface area contributed by atoms with E-state index in [0.29, 0.717) is 10.2 Å². The van der Waals surface area contributed by atoms with E-state index in [4.69, 9.17) is 23.2 Å². The average Bonchev–Trinajstić information content (AvgIpc) is 3.11. The van der Waals surface area contributed by atoms with E-state index in [1.807, 2.05) is 6.07 Å². The lowest BCUT2D eigenvalue weighted by Gasteiger charge is -2.13. The van der Waals surface area contributed by atoms with Gasteiger partial charge in [-0.2, -0.15) is 0 Å². The molecule has 0 bridgehead atoms. The van der Waals surface area contributed by atoms with Gasteiger partial charge in [0, 0.05) is 17.2 Å². The second-order valence-electron chi connectivity index (χ2n) is 5.63. The SMILES string of the molecule is CC(Sc1nncn1-c1cccc(Cl)c1)C(=O)Nc1cc([N+](=O)[O-])ccc1Cl. The van der Waals surface area contributed by atoms with Crippen LogP contribution in [-0.2, 0) is 4.79 Å². The topological polar surface area (TPSA) is 103 Å². The van der Waals surface area contributed by atoms with Crippen LogP contribution in [0, 0.1) is 10.1 Å². The first-order valence-electron chi connectivity index (χ1n) is 7.92. The van der Waals surface area contributed by atoms with Crippen molar-refractivity contribution >= 4 is 52.2 Å². The molecular formula is C17H13Cl2N5O3S. The minimum absolute atomic E-state index is 0.166. The predicted octanol–water partition coefficient (Wildman–Crippen LogP) is 4.60. The van der Waals surface area contributed by atoms with Crippen LogP contribution in [0.15, 0.2) is 53.9 Å². The van der Waals surface area contributed by atoms with Crippen molar-refractivity contribution in [2.45, 2.75) is 17.3 Å². The molecule has 0 saturated carbocycles. The number of thioether (sulfide) groups is 1. The zero-order valence-corrected chi connectivity index (χ0v) is 16.7. The average molecular weight is 438 g/mol. The summed E-state index contributed by atoms with van der Waals surface area (Å²) in [5.74, 6) is -0.381. The monoisotopic (exact) mass is 437 g/mol. The molecule has 1 atom stereocenters. The Morgan fingerprint density at radius 1 is 1.29 bits per heavy atom. The van der Waals surface area contributed by atoms with Crippen molar-refractivity contribution in [2.75, 3.05) is 5.32 Å². The molecule has 8 nitrogen and oxygen atoms in total. The normalized spacial score (nSPS) is 11.8. The molecule has 1 aromatic heterocycles. The number of halogens is 2. The molecule has 0 fully saturated rings. The Bertz CT molecular complexity index is 1040. The number of anilines is 1. The van der Waals surface area contributed by atoms with Crippen LogP contribution in [0.5, 0.6) is 0 Å². The standard InChI is InChI=1S/C17H13Cl2N5O3S/c1-10(16(25)21-15-8-13(24(26)27)5-6-14(15)19)28-17-22-20-9-23(17)12-4-2-3-11(18)7-12/h2-10H,1H3,(H,21,25). The van der Waals surface area contributed by atoms with Gasteiger partial charge in [0.25, 0.3) is 5.69 Å². The Labute approximate surface area is 174 Å². The van der Waals surface area contributed by atoms with Gasteiger partial charge in [-0.3, -0.25) is 19.5 Å². The second kappa shape index (κ2) is 8.59. The highest BCUT2D eigenvalue weighted by Crippen LogP contribution is 2.29. The van der Waals surface area contributed by atoms with Crippen molar-refractivity contribution in [3.63, 3.8) is 0 Å². The lowest BCUT2D eigenvalue weighted by atomic mass is 10.2. The number of nitrogens with zero attached hydrogens (tertiary/aromatic N) is 4. The molecule has 28 heavy (non-hydrogen) atoms. The molecule has 0 aliphatic heterocycles. The molecule has 1 amide bonds. The Balaban J connectivity index is 1.75. The summed E-state index contributed by atoms with van der Waals surface area (Å²) < 4.78 is 1.71. The van der Waals surface area contributed by atoms with E-state index >= 15 is 0 Å². The Hall–Kier alpha value is -2.62. The fourth-order valence-electron chi connectivity index (χ4n) is 2.28. The first-order valence-corrected chi connectivity index (χ1v) is 9.56. The van der Waals surface area contributed by atoms with E-state index < -0.39 is 10.2 Å². The van der Waals surface area contributed by atoms with E-state index in [0.717, 1.165) is 5.69 Å². The first kappa shape index (κ1) is 20.1. The van der Waals surface area contributed by atoms with Gasteiger partial charge < -0.3 is 5.32 Å². The van der Waals surface area contributed by atoms with E-state index in [9.17, 15) is 14.9 Å². The number of hydrogen-bond donors (Lipinski definition) is 1. The summed E-state index contributed by atoms with van der Waals surface area (Å²) in [7, 11) is 0. The molecule has 3 rings (SSSR count). The quantitative estimate of drug-likeness (QED) is 0.343. The molecule has 0 radical (unpaired) electrons. The van der Waals surface area contributed by atoms with Crippen molar-refractivity contribution in [2.24, 2.45) is 0 Å². The Morgan fingerprint density at radius 2 is 2.07 bits per heavy atom. The molecule has 144 valence electrons. The molecule has 1 heterocycles. The van der Waals surface area contributed by atoms with Crippen LogP contribution in [-0.4, -0.2) is 30.8 Å². The minimum Gasteiger partial charge on any atom is -0.324 e. The highest BCUT2D eigenvalue weighted by Gasteiger charge is 2.20. The largest absolute Gasteiger partial charge is 0.324 e. The molecule has 0 aliphatic rings. The highest BCUT2D eigenvalue weighted by molar-refractivity contribution is 8.00. The molecule has 3 aromatic rings. The van der Waals surface area contributed by atoms with E-state index in [1.54, 1.807) is 29.7 Å². The van der Waals surface area contributed by atoms with Crippen LogP contribution < -0.4 is 5.32 Å². The number of rotatable bonds is 6.